The third-order valence-corrected chi connectivity index (χ3v) is 5.88. The minimum Gasteiger partial charge on any atom is -0.356 e. The van der Waals surface area contributed by atoms with Gasteiger partial charge in [0.05, 0.1) is 11.6 Å². The predicted molar refractivity (Wildman–Crippen MR) is 118 cm³/mol. The monoisotopic (exact) mass is 421 g/mol. The van der Waals surface area contributed by atoms with Gasteiger partial charge in [-0.3, -0.25) is 9.78 Å². The number of amides is 1. The molecule has 0 aliphatic rings. The van der Waals surface area contributed by atoms with E-state index in [0.29, 0.717) is 34.3 Å². The zero-order valence-corrected chi connectivity index (χ0v) is 18.0. The van der Waals surface area contributed by atoms with E-state index < -0.39 is 0 Å². The highest BCUT2D eigenvalue weighted by Crippen LogP contribution is 2.33. The van der Waals surface area contributed by atoms with Crippen LogP contribution >= 0.6 is 11.3 Å². The van der Waals surface area contributed by atoms with Crippen molar-refractivity contribution in [3.8, 4) is 21.8 Å². The Morgan fingerprint density at radius 2 is 1.90 bits per heavy atom. The van der Waals surface area contributed by atoms with Gasteiger partial charge in [-0.2, -0.15) is 0 Å². The Kier molecular flexibility index (Phi) is 5.87. The lowest BCUT2D eigenvalue weighted by molar-refractivity contribution is 0.0759. The smallest absolute Gasteiger partial charge is 0.265 e. The Labute approximate surface area is 179 Å². The lowest BCUT2D eigenvalue weighted by Gasteiger charge is -2.21. The highest BCUT2D eigenvalue weighted by atomic mass is 32.1. The number of likely N-dealkylation sites (N-methyl/N-ethyl adjacent to an activating group) is 2. The summed E-state index contributed by atoms with van der Waals surface area (Å²) in [5.74, 6) is -0.00382. The molecule has 0 unspecified atom stereocenters. The highest BCUT2D eigenvalue weighted by molar-refractivity contribution is 7.17. The summed E-state index contributed by atoms with van der Waals surface area (Å²) in [4.78, 5) is 25.9. The van der Waals surface area contributed by atoms with Crippen molar-refractivity contribution in [3.63, 3.8) is 0 Å². The summed E-state index contributed by atoms with van der Waals surface area (Å²) >= 11 is 1.35. The van der Waals surface area contributed by atoms with Gasteiger partial charge in [-0.1, -0.05) is 11.2 Å². The van der Waals surface area contributed by atoms with Crippen LogP contribution in [0.2, 0.25) is 0 Å². The van der Waals surface area contributed by atoms with E-state index in [-0.39, 0.29) is 5.91 Å². The molecular weight excluding hydrogens is 398 g/mol. The quantitative estimate of drug-likeness (QED) is 0.448. The summed E-state index contributed by atoms with van der Waals surface area (Å²) < 4.78 is 5.57. The van der Waals surface area contributed by atoms with E-state index >= 15 is 0 Å². The van der Waals surface area contributed by atoms with Crippen molar-refractivity contribution in [3.05, 3.63) is 53.8 Å². The Bertz CT molecular complexity index is 1150. The molecule has 4 rings (SSSR count). The molecular formula is C22H23N5O2S. The zero-order chi connectivity index (χ0) is 21.1. The number of carbonyl (C=O) groups is 1. The zero-order valence-electron chi connectivity index (χ0n) is 17.2. The Hall–Kier alpha value is -3.10. The van der Waals surface area contributed by atoms with Gasteiger partial charge in [-0.25, -0.2) is 4.98 Å². The minimum absolute atomic E-state index is 0.00382. The topological polar surface area (TPSA) is 75.4 Å². The summed E-state index contributed by atoms with van der Waals surface area (Å²) in [5, 5.41) is 5.78. The first kappa shape index (κ1) is 20.2. The van der Waals surface area contributed by atoms with Crippen LogP contribution in [0.5, 0.6) is 0 Å². The van der Waals surface area contributed by atoms with Crippen molar-refractivity contribution in [2.45, 2.75) is 6.92 Å². The van der Waals surface area contributed by atoms with Gasteiger partial charge in [0.2, 0.25) is 0 Å². The van der Waals surface area contributed by atoms with Crippen molar-refractivity contribution in [1.29, 1.82) is 0 Å². The maximum absolute atomic E-state index is 12.9. The van der Waals surface area contributed by atoms with Gasteiger partial charge in [-0.05, 0) is 56.4 Å². The Morgan fingerprint density at radius 3 is 2.63 bits per heavy atom. The van der Waals surface area contributed by atoms with Gasteiger partial charge < -0.3 is 14.3 Å². The SMILES string of the molecule is CCN(CCN(C)C)C(=O)c1cnc(-c2noc3cc(-c4ccncc4)ccc23)s1. The van der Waals surface area contributed by atoms with E-state index in [4.69, 9.17) is 4.52 Å². The summed E-state index contributed by atoms with van der Waals surface area (Å²) in [6, 6.07) is 9.87. The lowest BCUT2D eigenvalue weighted by Crippen LogP contribution is -2.36. The van der Waals surface area contributed by atoms with Crippen molar-refractivity contribution < 1.29 is 9.32 Å². The predicted octanol–water partition coefficient (Wildman–Crippen LogP) is 4.04. The second-order valence-corrected chi connectivity index (χ2v) is 8.23. The Balaban J connectivity index is 1.59. The molecule has 0 saturated carbocycles. The van der Waals surface area contributed by atoms with E-state index in [9.17, 15) is 4.79 Å². The molecule has 154 valence electrons. The molecule has 0 spiro atoms. The molecule has 0 N–H and O–H groups in total. The molecule has 0 aliphatic carbocycles. The van der Waals surface area contributed by atoms with Crippen LogP contribution in [-0.2, 0) is 0 Å². The van der Waals surface area contributed by atoms with Crippen LogP contribution in [0.15, 0.2) is 53.4 Å². The standard InChI is InChI=1S/C22H23N5O2S/c1-4-27(12-11-26(2)3)22(28)19-14-24-21(30-19)20-17-6-5-16(13-18(17)29-25-20)15-7-9-23-10-8-15/h5-10,13-14H,4,11-12H2,1-3H3. The maximum atomic E-state index is 12.9. The van der Waals surface area contributed by atoms with Crippen LogP contribution in [0.1, 0.15) is 16.6 Å². The number of thiazole rings is 1. The van der Waals surface area contributed by atoms with E-state index in [0.717, 1.165) is 23.1 Å². The number of aromatic nitrogens is 3. The molecule has 30 heavy (non-hydrogen) atoms. The van der Waals surface area contributed by atoms with E-state index in [1.54, 1.807) is 18.6 Å². The van der Waals surface area contributed by atoms with Gasteiger partial charge in [-0.15, -0.1) is 11.3 Å². The fourth-order valence-electron chi connectivity index (χ4n) is 3.18. The highest BCUT2D eigenvalue weighted by Gasteiger charge is 2.20. The number of carbonyl (C=O) groups excluding carboxylic acids is 1. The van der Waals surface area contributed by atoms with E-state index in [1.807, 2.05) is 56.3 Å². The summed E-state index contributed by atoms with van der Waals surface area (Å²) in [7, 11) is 4.00. The van der Waals surface area contributed by atoms with Crippen molar-refractivity contribution >= 4 is 28.2 Å². The first-order valence-electron chi connectivity index (χ1n) is 9.77. The first-order chi connectivity index (χ1) is 14.6. The second kappa shape index (κ2) is 8.73. The van der Waals surface area contributed by atoms with E-state index in [2.05, 4.69) is 20.0 Å². The van der Waals surface area contributed by atoms with Crippen LogP contribution in [0.4, 0.5) is 0 Å². The lowest BCUT2D eigenvalue weighted by atomic mass is 10.1. The maximum Gasteiger partial charge on any atom is 0.265 e. The molecule has 0 saturated heterocycles. The molecule has 0 bridgehead atoms. The van der Waals surface area contributed by atoms with E-state index in [1.165, 1.54) is 11.3 Å². The Morgan fingerprint density at radius 1 is 1.10 bits per heavy atom. The molecule has 1 aromatic carbocycles. The summed E-state index contributed by atoms with van der Waals surface area (Å²) in [6.45, 7) is 4.14. The molecule has 0 atom stereocenters. The number of hydrogen-bond donors (Lipinski definition) is 0. The first-order valence-corrected chi connectivity index (χ1v) is 10.6. The molecule has 3 heterocycles. The molecule has 1 amide bonds. The molecule has 8 heteroatoms. The third kappa shape index (κ3) is 4.10. The normalized spacial score (nSPS) is 11.3. The van der Waals surface area contributed by atoms with Crippen LogP contribution < -0.4 is 0 Å². The summed E-state index contributed by atoms with van der Waals surface area (Å²) in [5.41, 5.74) is 3.43. The third-order valence-electron chi connectivity index (χ3n) is 4.89. The minimum atomic E-state index is -0.00382. The van der Waals surface area contributed by atoms with Crippen LogP contribution in [0.3, 0.4) is 0 Å². The number of benzene rings is 1. The van der Waals surface area contributed by atoms with Gasteiger partial charge in [0.15, 0.2) is 5.58 Å². The van der Waals surface area contributed by atoms with Crippen LogP contribution in [-0.4, -0.2) is 64.6 Å². The number of hydrogen-bond acceptors (Lipinski definition) is 7. The van der Waals surface area contributed by atoms with Crippen LogP contribution in [0, 0.1) is 0 Å². The van der Waals surface area contributed by atoms with Crippen molar-refractivity contribution in [2.24, 2.45) is 0 Å². The fourth-order valence-corrected chi connectivity index (χ4v) is 4.06. The largest absolute Gasteiger partial charge is 0.356 e. The summed E-state index contributed by atoms with van der Waals surface area (Å²) in [6.07, 6.45) is 5.15. The van der Waals surface area contributed by atoms with Gasteiger partial charge in [0.25, 0.3) is 5.91 Å². The number of fused-ring (bicyclic) bond motifs is 1. The van der Waals surface area contributed by atoms with Gasteiger partial charge >= 0.3 is 0 Å². The molecule has 7 nitrogen and oxygen atoms in total. The van der Waals surface area contributed by atoms with Gasteiger partial charge in [0, 0.05) is 32.0 Å². The number of nitrogens with zero attached hydrogens (tertiary/aromatic N) is 5. The van der Waals surface area contributed by atoms with Crippen molar-refractivity contribution in [1.82, 2.24) is 24.9 Å². The second-order valence-electron chi connectivity index (χ2n) is 7.20. The van der Waals surface area contributed by atoms with Gasteiger partial charge in [0.1, 0.15) is 15.6 Å². The fraction of sp³-hybridized carbons (Fsp3) is 0.273. The molecule has 0 aliphatic heterocycles. The average molecular weight is 422 g/mol. The molecule has 0 fully saturated rings. The molecule has 4 aromatic rings. The number of pyridine rings is 1. The molecule has 0 radical (unpaired) electrons. The number of rotatable bonds is 7. The van der Waals surface area contributed by atoms with Crippen LogP contribution in [0.25, 0.3) is 32.8 Å². The average Bonchev–Trinajstić information content (AvgIpc) is 3.41. The van der Waals surface area contributed by atoms with Crippen molar-refractivity contribution in [2.75, 3.05) is 33.7 Å². The molecule has 3 aromatic heterocycles.